The lowest BCUT2D eigenvalue weighted by molar-refractivity contribution is -0.398. The van der Waals surface area contributed by atoms with Gasteiger partial charge >= 0.3 is 0 Å². The van der Waals surface area contributed by atoms with E-state index in [-0.39, 0.29) is 5.56 Å². The lowest BCUT2D eigenvalue weighted by Crippen LogP contribution is -2.20. The van der Waals surface area contributed by atoms with Crippen LogP contribution in [-0.4, -0.2) is 14.5 Å². The number of hydrogen-bond donors (Lipinski definition) is 0. The van der Waals surface area contributed by atoms with Crippen molar-refractivity contribution in [3.8, 4) is 5.75 Å². The highest BCUT2D eigenvalue weighted by atomic mass is 32.1. The van der Waals surface area contributed by atoms with Crippen LogP contribution in [0.4, 0.5) is 5.69 Å². The molecule has 1 aliphatic rings. The van der Waals surface area contributed by atoms with Crippen LogP contribution in [0, 0.1) is 24.0 Å². The molecule has 8 heteroatoms. The Kier molecular flexibility index (Phi) is 3.66. The normalized spacial score (nSPS) is 14.9. The van der Waals surface area contributed by atoms with E-state index in [0.717, 1.165) is 16.0 Å². The maximum absolute atomic E-state index is 12.8. The second-order valence-electron chi connectivity index (χ2n) is 6.26. The minimum Gasteiger partial charge on any atom is -0.868 e. The first-order valence-corrected chi connectivity index (χ1v) is 8.85. The smallest absolute Gasteiger partial charge is 0.262 e. The van der Waals surface area contributed by atoms with Crippen molar-refractivity contribution >= 4 is 38.9 Å². The van der Waals surface area contributed by atoms with E-state index in [2.05, 4.69) is 4.98 Å². The van der Waals surface area contributed by atoms with Crippen LogP contribution in [0.3, 0.4) is 0 Å². The lowest BCUT2D eigenvalue weighted by atomic mass is 10.1. The summed E-state index contributed by atoms with van der Waals surface area (Å²) in [5.74, 6) is -0.0258. The SMILES string of the molecule is Cc1sc2nc3n(c(=O)c2c1C)CC/C3=C/c1ccc([O-])c([N+](=O)[O-])c1. The predicted molar refractivity (Wildman–Crippen MR) is 98.4 cm³/mol. The van der Waals surface area contributed by atoms with Crippen molar-refractivity contribution in [1.29, 1.82) is 0 Å². The number of nitro benzene ring substituents is 1. The Labute approximate surface area is 152 Å². The summed E-state index contributed by atoms with van der Waals surface area (Å²) in [6, 6.07) is 3.99. The number of thiophene rings is 1. The van der Waals surface area contributed by atoms with Gasteiger partial charge in [-0.1, -0.05) is 12.1 Å². The molecule has 4 rings (SSSR count). The molecule has 1 aliphatic heterocycles. The highest BCUT2D eigenvalue weighted by molar-refractivity contribution is 7.18. The molecule has 3 heterocycles. The van der Waals surface area contributed by atoms with E-state index in [4.69, 9.17) is 0 Å². The number of benzene rings is 1. The Morgan fingerprint density at radius 3 is 2.85 bits per heavy atom. The van der Waals surface area contributed by atoms with Crippen LogP contribution in [0.2, 0.25) is 0 Å². The number of allylic oxidation sites excluding steroid dienone is 1. The fourth-order valence-electron chi connectivity index (χ4n) is 3.23. The molecule has 7 nitrogen and oxygen atoms in total. The van der Waals surface area contributed by atoms with Crippen molar-refractivity contribution < 1.29 is 10.0 Å². The molecule has 0 atom stereocenters. The summed E-state index contributed by atoms with van der Waals surface area (Å²) in [6.45, 7) is 4.43. The second-order valence-corrected chi connectivity index (χ2v) is 7.46. The molecule has 132 valence electrons. The predicted octanol–water partition coefficient (Wildman–Crippen LogP) is 3.00. The zero-order valence-corrected chi connectivity index (χ0v) is 14.9. The van der Waals surface area contributed by atoms with Crippen LogP contribution < -0.4 is 10.7 Å². The number of rotatable bonds is 2. The Morgan fingerprint density at radius 1 is 1.35 bits per heavy atom. The van der Waals surface area contributed by atoms with Crippen LogP contribution in [0.1, 0.15) is 28.2 Å². The first kappa shape index (κ1) is 16.5. The molecule has 0 amide bonds. The number of fused-ring (bicyclic) bond motifs is 2. The topological polar surface area (TPSA) is 101 Å². The van der Waals surface area contributed by atoms with Crippen LogP contribution in [0.15, 0.2) is 23.0 Å². The number of nitro groups is 1. The van der Waals surface area contributed by atoms with E-state index < -0.39 is 16.4 Å². The Bertz CT molecular complexity index is 1170. The average Bonchev–Trinajstić information content (AvgIpc) is 3.11. The number of aromatic nitrogens is 2. The molecule has 0 saturated carbocycles. The van der Waals surface area contributed by atoms with Gasteiger partial charge in [0.15, 0.2) is 0 Å². The second kappa shape index (κ2) is 5.77. The lowest BCUT2D eigenvalue weighted by Gasteiger charge is -2.07. The van der Waals surface area contributed by atoms with Gasteiger partial charge in [0, 0.05) is 17.5 Å². The third-order valence-electron chi connectivity index (χ3n) is 4.70. The van der Waals surface area contributed by atoms with Crippen molar-refractivity contribution in [3.05, 3.63) is 60.5 Å². The average molecular weight is 368 g/mol. The molecular formula is C18H14N3O4S-. The van der Waals surface area contributed by atoms with Crippen LogP contribution in [0.5, 0.6) is 5.75 Å². The quantitative estimate of drug-likeness (QED) is 0.511. The third kappa shape index (κ3) is 2.41. The molecule has 0 radical (unpaired) electrons. The summed E-state index contributed by atoms with van der Waals surface area (Å²) in [5, 5.41) is 23.2. The van der Waals surface area contributed by atoms with Gasteiger partial charge in [-0.05, 0) is 48.8 Å². The molecule has 0 N–H and O–H groups in total. The van der Waals surface area contributed by atoms with Gasteiger partial charge in [0.05, 0.1) is 10.3 Å². The van der Waals surface area contributed by atoms with E-state index in [1.807, 2.05) is 13.8 Å². The molecule has 26 heavy (non-hydrogen) atoms. The standard InChI is InChI=1S/C18H15N3O4S/c1-9-10(2)26-17-15(9)18(23)20-6-5-12(16(20)19-17)7-11-3-4-14(22)13(8-11)21(24)25/h3-4,7-8,22H,5-6H2,1-2H3/p-1/b12-7-. The molecule has 0 bridgehead atoms. The molecule has 3 aromatic rings. The zero-order valence-electron chi connectivity index (χ0n) is 14.1. The monoisotopic (exact) mass is 368 g/mol. The summed E-state index contributed by atoms with van der Waals surface area (Å²) in [5.41, 5.74) is 1.85. The fourth-order valence-corrected chi connectivity index (χ4v) is 4.25. The molecule has 0 fully saturated rings. The van der Waals surface area contributed by atoms with Crippen LogP contribution >= 0.6 is 11.3 Å². The molecule has 0 saturated heterocycles. The highest BCUT2D eigenvalue weighted by Crippen LogP contribution is 2.33. The minimum atomic E-state index is -0.684. The van der Waals surface area contributed by atoms with Gasteiger partial charge < -0.3 is 5.11 Å². The van der Waals surface area contributed by atoms with Gasteiger partial charge in [-0.25, -0.2) is 4.98 Å². The van der Waals surface area contributed by atoms with Crippen molar-refractivity contribution in [2.45, 2.75) is 26.8 Å². The number of aryl methyl sites for hydroxylation is 2. The van der Waals surface area contributed by atoms with Crippen molar-refractivity contribution in [3.63, 3.8) is 0 Å². The maximum atomic E-state index is 12.8. The van der Waals surface area contributed by atoms with Crippen molar-refractivity contribution in [2.24, 2.45) is 0 Å². The van der Waals surface area contributed by atoms with Crippen LogP contribution in [-0.2, 0) is 6.54 Å². The Morgan fingerprint density at radius 2 is 2.12 bits per heavy atom. The van der Waals surface area contributed by atoms with Gasteiger partial charge in [0.1, 0.15) is 10.7 Å². The third-order valence-corrected chi connectivity index (χ3v) is 5.80. The minimum absolute atomic E-state index is 0.0452. The molecular weight excluding hydrogens is 354 g/mol. The molecule has 1 aromatic carbocycles. The van der Waals surface area contributed by atoms with Gasteiger partial charge in [0.25, 0.3) is 11.2 Å². The maximum Gasteiger partial charge on any atom is 0.262 e. The summed E-state index contributed by atoms with van der Waals surface area (Å²) >= 11 is 1.49. The number of nitrogens with zero attached hydrogens (tertiary/aromatic N) is 3. The molecule has 0 unspecified atom stereocenters. The molecule has 2 aromatic heterocycles. The first-order valence-electron chi connectivity index (χ1n) is 8.03. The van der Waals surface area contributed by atoms with Gasteiger partial charge in [-0.15, -0.1) is 11.3 Å². The molecule has 0 aliphatic carbocycles. The zero-order chi connectivity index (χ0) is 18.6. The summed E-state index contributed by atoms with van der Waals surface area (Å²) < 4.78 is 1.66. The van der Waals surface area contributed by atoms with E-state index in [1.54, 1.807) is 16.7 Å². The van der Waals surface area contributed by atoms with E-state index in [0.29, 0.717) is 34.6 Å². The van der Waals surface area contributed by atoms with Crippen molar-refractivity contribution in [1.82, 2.24) is 9.55 Å². The summed E-state index contributed by atoms with van der Waals surface area (Å²) in [4.78, 5) is 29.5. The first-order chi connectivity index (χ1) is 12.4. The molecule has 0 spiro atoms. The van der Waals surface area contributed by atoms with Gasteiger partial charge in [-0.3, -0.25) is 19.5 Å². The fraction of sp³-hybridized carbons (Fsp3) is 0.222. The number of hydrogen-bond acceptors (Lipinski definition) is 6. The van der Waals surface area contributed by atoms with E-state index in [9.17, 15) is 20.0 Å². The van der Waals surface area contributed by atoms with Crippen LogP contribution in [0.25, 0.3) is 21.9 Å². The summed E-state index contributed by atoms with van der Waals surface area (Å²) in [7, 11) is 0. The van der Waals surface area contributed by atoms with E-state index >= 15 is 0 Å². The van der Waals surface area contributed by atoms with E-state index in [1.165, 1.54) is 23.5 Å². The Hall–Kier alpha value is -3.00. The largest absolute Gasteiger partial charge is 0.868 e. The van der Waals surface area contributed by atoms with Crippen molar-refractivity contribution in [2.75, 3.05) is 0 Å². The van der Waals surface area contributed by atoms with Gasteiger partial charge in [-0.2, -0.15) is 0 Å². The Balaban J connectivity index is 1.87. The summed E-state index contributed by atoms with van der Waals surface area (Å²) in [6.07, 6.45) is 2.38. The van der Waals surface area contributed by atoms with Gasteiger partial charge in [0.2, 0.25) is 0 Å². The highest BCUT2D eigenvalue weighted by Gasteiger charge is 2.23.